The zero-order chi connectivity index (χ0) is 20.8. The van der Waals surface area contributed by atoms with Crippen molar-refractivity contribution in [1.82, 2.24) is 39.6 Å². The monoisotopic (exact) mass is 389 g/mol. The molecule has 0 saturated carbocycles. The zero-order valence-electron chi connectivity index (χ0n) is 16.7. The number of nitrogens with one attached hydrogen (secondary N) is 1. The van der Waals surface area contributed by atoms with Gasteiger partial charge in [-0.25, -0.2) is 19.8 Å². The van der Waals surface area contributed by atoms with Crippen LogP contribution in [0.3, 0.4) is 0 Å². The van der Waals surface area contributed by atoms with Crippen LogP contribution >= 0.6 is 0 Å². The van der Waals surface area contributed by atoms with Crippen molar-refractivity contribution in [3.63, 3.8) is 0 Å². The van der Waals surface area contributed by atoms with E-state index in [0.717, 1.165) is 5.69 Å². The number of azo groups is 1. The number of aryl methyl sites for hydroxylation is 2. The Kier molecular flexibility index (Phi) is 4.19. The second-order valence-electron chi connectivity index (χ2n) is 7.51. The summed E-state index contributed by atoms with van der Waals surface area (Å²) in [5.74, 6) is 1.20. The van der Waals surface area contributed by atoms with Gasteiger partial charge in [-0.2, -0.15) is 14.4 Å². The average Bonchev–Trinajstić information content (AvgIpc) is 3.30. The Hall–Kier alpha value is -3.94. The van der Waals surface area contributed by atoms with E-state index in [1.165, 1.54) is 4.68 Å². The van der Waals surface area contributed by atoms with E-state index in [4.69, 9.17) is 6.57 Å². The van der Waals surface area contributed by atoms with Crippen LogP contribution in [0.1, 0.15) is 38.0 Å². The molecule has 11 nitrogen and oxygen atoms in total. The Bertz CT molecular complexity index is 1260. The molecule has 0 fully saturated rings. The van der Waals surface area contributed by atoms with Gasteiger partial charge in [0.15, 0.2) is 11.5 Å². The van der Waals surface area contributed by atoms with E-state index in [1.54, 1.807) is 36.9 Å². The number of hydrogen-bond acceptors (Lipinski definition) is 7. The highest BCUT2D eigenvalue weighted by molar-refractivity contribution is 5.70. The molecule has 0 radical (unpaired) electrons. The summed E-state index contributed by atoms with van der Waals surface area (Å²) in [4.78, 5) is 16.4. The Morgan fingerprint density at radius 3 is 2.48 bits per heavy atom. The molecule has 0 aliphatic rings. The summed E-state index contributed by atoms with van der Waals surface area (Å²) in [6.45, 7) is 17.2. The van der Waals surface area contributed by atoms with Crippen LogP contribution in [0.4, 0.5) is 17.2 Å². The van der Waals surface area contributed by atoms with Crippen molar-refractivity contribution in [1.29, 1.82) is 0 Å². The lowest BCUT2D eigenvalue weighted by Crippen LogP contribution is -2.12. The molecule has 0 bridgehead atoms. The smallest absolute Gasteiger partial charge is 0.255 e. The minimum atomic E-state index is -0.244. The molecule has 0 aliphatic carbocycles. The molecule has 1 N–H and O–H groups in total. The van der Waals surface area contributed by atoms with Crippen molar-refractivity contribution < 1.29 is 0 Å². The fraction of sp³-hybridized carbons (Fsp3) is 0.333. The minimum Gasteiger partial charge on any atom is -0.277 e. The maximum absolute atomic E-state index is 7.53. The molecule has 29 heavy (non-hydrogen) atoms. The number of hydrogen-bond donors (Lipinski definition) is 1. The summed E-state index contributed by atoms with van der Waals surface area (Å²) in [7, 11) is 0. The van der Waals surface area contributed by atoms with Crippen molar-refractivity contribution in [3.05, 3.63) is 47.1 Å². The lowest BCUT2D eigenvalue weighted by Gasteiger charge is -2.16. The van der Waals surface area contributed by atoms with E-state index in [-0.39, 0.29) is 11.2 Å². The molecule has 11 heteroatoms. The first-order valence-corrected chi connectivity index (χ1v) is 8.91. The molecule has 146 valence electrons. The van der Waals surface area contributed by atoms with Crippen LogP contribution in [-0.2, 0) is 5.41 Å². The second kappa shape index (κ2) is 6.59. The normalized spacial score (nSPS) is 12.1. The van der Waals surface area contributed by atoms with Gasteiger partial charge in [0, 0.05) is 17.8 Å². The molecular formula is C18H19N11. The summed E-state index contributed by atoms with van der Waals surface area (Å²) in [5.41, 5.74) is 2.54. The number of rotatable bonds is 3. The van der Waals surface area contributed by atoms with Crippen LogP contribution in [0.15, 0.2) is 28.7 Å². The van der Waals surface area contributed by atoms with Gasteiger partial charge in [-0.15, -0.1) is 15.3 Å². The Labute approximate surface area is 166 Å². The highest BCUT2D eigenvalue weighted by Crippen LogP contribution is 2.37. The highest BCUT2D eigenvalue weighted by atomic mass is 15.5. The van der Waals surface area contributed by atoms with Crippen molar-refractivity contribution in [2.45, 2.75) is 40.0 Å². The average molecular weight is 389 g/mol. The van der Waals surface area contributed by atoms with Gasteiger partial charge in [-0.3, -0.25) is 5.10 Å². The first kappa shape index (κ1) is 18.4. The minimum absolute atomic E-state index is 0.244. The van der Waals surface area contributed by atoms with E-state index in [0.29, 0.717) is 34.5 Å². The summed E-state index contributed by atoms with van der Waals surface area (Å²) < 4.78 is 3.00. The Morgan fingerprint density at radius 2 is 1.83 bits per heavy atom. The van der Waals surface area contributed by atoms with Crippen LogP contribution in [-0.4, -0.2) is 39.6 Å². The maximum Gasteiger partial charge on any atom is 0.255 e. The Morgan fingerprint density at radius 1 is 1.10 bits per heavy atom. The van der Waals surface area contributed by atoms with Gasteiger partial charge in [0.25, 0.3) is 11.6 Å². The van der Waals surface area contributed by atoms with E-state index in [9.17, 15) is 0 Å². The zero-order valence-corrected chi connectivity index (χ0v) is 16.7. The molecule has 4 heterocycles. The number of H-pyrrole nitrogens is 1. The molecule has 4 aromatic heterocycles. The fourth-order valence-corrected chi connectivity index (χ4v) is 2.90. The molecule has 4 rings (SSSR count). The quantitative estimate of drug-likeness (QED) is 0.421. The molecule has 0 aromatic carbocycles. The highest BCUT2D eigenvalue weighted by Gasteiger charge is 2.26. The topological polar surface area (TPSA) is 119 Å². The largest absolute Gasteiger partial charge is 0.277 e. The first-order valence-electron chi connectivity index (χ1n) is 8.91. The molecule has 0 amide bonds. The molecular weight excluding hydrogens is 370 g/mol. The van der Waals surface area contributed by atoms with Crippen molar-refractivity contribution >= 4 is 22.8 Å². The number of aromatic amines is 1. The number of fused-ring (bicyclic) bond motifs is 1. The van der Waals surface area contributed by atoms with Crippen molar-refractivity contribution in [2.75, 3.05) is 0 Å². The molecule has 0 saturated heterocycles. The third-order valence-corrected chi connectivity index (χ3v) is 4.23. The van der Waals surface area contributed by atoms with Crippen LogP contribution in [0.25, 0.3) is 16.4 Å². The molecule has 0 spiro atoms. The van der Waals surface area contributed by atoms with E-state index in [1.807, 2.05) is 0 Å². The predicted molar refractivity (Wildman–Crippen MR) is 105 cm³/mol. The summed E-state index contributed by atoms with van der Waals surface area (Å²) >= 11 is 0. The lowest BCUT2D eigenvalue weighted by atomic mass is 9.91. The number of nitrogens with zero attached hydrogens (tertiary/aromatic N) is 10. The van der Waals surface area contributed by atoms with Crippen LogP contribution in [0, 0.1) is 20.4 Å². The van der Waals surface area contributed by atoms with Crippen LogP contribution in [0.2, 0.25) is 0 Å². The van der Waals surface area contributed by atoms with Gasteiger partial charge >= 0.3 is 0 Å². The maximum atomic E-state index is 7.53. The fourth-order valence-electron chi connectivity index (χ4n) is 2.90. The standard InChI is InChI=1S/C18H19N11/c1-10-12(19-6)16(28(25-10)17-20-8-7-9-21-17)24-23-13-14(18(3,4)5)27-29-15(13)22-11(2)26-29/h7-9,27H,1-5H3. The van der Waals surface area contributed by atoms with Gasteiger partial charge in [-0.1, -0.05) is 20.8 Å². The third kappa shape index (κ3) is 3.14. The number of aromatic nitrogens is 8. The van der Waals surface area contributed by atoms with E-state index >= 15 is 0 Å². The van der Waals surface area contributed by atoms with Crippen LogP contribution in [0.5, 0.6) is 0 Å². The van der Waals surface area contributed by atoms with Crippen LogP contribution < -0.4 is 0 Å². The van der Waals surface area contributed by atoms with Gasteiger partial charge in [0.2, 0.25) is 5.65 Å². The molecule has 0 aliphatic heterocycles. The lowest BCUT2D eigenvalue weighted by molar-refractivity contribution is 0.557. The summed E-state index contributed by atoms with van der Waals surface area (Å²) in [5, 5.41) is 20.8. The van der Waals surface area contributed by atoms with Crippen molar-refractivity contribution in [3.8, 4) is 5.95 Å². The molecule has 0 atom stereocenters. The summed E-state index contributed by atoms with van der Waals surface area (Å²) in [6.07, 6.45) is 3.20. The van der Waals surface area contributed by atoms with Gasteiger partial charge in [0.05, 0.1) is 18.0 Å². The first-order chi connectivity index (χ1) is 13.8. The van der Waals surface area contributed by atoms with Gasteiger partial charge < -0.3 is 0 Å². The third-order valence-electron chi connectivity index (χ3n) is 4.23. The molecule has 4 aromatic rings. The second-order valence-corrected chi connectivity index (χ2v) is 7.51. The van der Waals surface area contributed by atoms with Gasteiger partial charge in [-0.05, 0) is 19.9 Å². The van der Waals surface area contributed by atoms with E-state index < -0.39 is 0 Å². The van der Waals surface area contributed by atoms with Crippen molar-refractivity contribution in [2.24, 2.45) is 10.2 Å². The van der Waals surface area contributed by atoms with Gasteiger partial charge in [0.1, 0.15) is 5.82 Å². The molecule has 0 unspecified atom stereocenters. The SMILES string of the molecule is [C-]#[N+]c1c(C)nn(-c2ncccn2)c1N=Nc1c(C(C)(C)C)[nH]n2nc(C)nc12. The van der Waals surface area contributed by atoms with E-state index in [2.05, 4.69) is 66.1 Å². The Balaban J connectivity index is 1.91. The summed E-state index contributed by atoms with van der Waals surface area (Å²) in [6, 6.07) is 1.70. The predicted octanol–water partition coefficient (Wildman–Crippen LogP) is 3.91.